The highest BCUT2D eigenvalue weighted by Gasteiger charge is 2.37. The van der Waals surface area contributed by atoms with Crippen molar-refractivity contribution >= 4 is 27.4 Å². The predicted molar refractivity (Wildman–Crippen MR) is 78.4 cm³/mol. The molecule has 2 aliphatic heterocycles. The summed E-state index contributed by atoms with van der Waals surface area (Å²) < 4.78 is 23.1. The maximum Gasteiger partial charge on any atom is 0.271 e. The zero-order chi connectivity index (χ0) is 17.0. The van der Waals surface area contributed by atoms with E-state index in [1.165, 1.54) is 0 Å². The molecule has 122 valence electrons. The van der Waals surface area contributed by atoms with Gasteiger partial charge < -0.3 is 4.90 Å². The number of hydrogen-bond acceptors (Lipinski definition) is 7. The molecule has 0 saturated carbocycles. The third-order valence-electron chi connectivity index (χ3n) is 3.67. The highest BCUT2D eigenvalue weighted by Crippen LogP contribution is 2.22. The summed E-state index contributed by atoms with van der Waals surface area (Å²) in [6.07, 6.45) is 0.453. The van der Waals surface area contributed by atoms with Crippen LogP contribution in [-0.4, -0.2) is 66.5 Å². The number of hydrazone groups is 1. The molecule has 0 aromatic rings. The normalized spacial score (nSPS) is 22.9. The largest absolute Gasteiger partial charge is 0.311 e. The molecule has 2 heterocycles. The Morgan fingerprint density at radius 2 is 1.96 bits per heavy atom. The summed E-state index contributed by atoms with van der Waals surface area (Å²) >= 11 is 0. The van der Waals surface area contributed by atoms with Crippen LogP contribution < -0.4 is 0 Å². The van der Waals surface area contributed by atoms with Gasteiger partial charge in [0.2, 0.25) is 5.91 Å². The number of nitriles is 2. The standard InChI is InChI=1S/C13H15N5O4S/c14-4-6-17(7-5-15)13(20)11-1-2-12(19)18(16-11)10-3-8-23(21,22)9-10/h10H,1-3,6-9H2. The minimum Gasteiger partial charge on any atom is -0.311 e. The van der Waals surface area contributed by atoms with Crippen LogP contribution in [0.15, 0.2) is 5.10 Å². The first-order chi connectivity index (χ1) is 10.9. The average molecular weight is 337 g/mol. The van der Waals surface area contributed by atoms with E-state index in [0.717, 1.165) is 9.91 Å². The van der Waals surface area contributed by atoms with E-state index in [0.29, 0.717) is 6.42 Å². The van der Waals surface area contributed by atoms with Crippen molar-refractivity contribution < 1.29 is 18.0 Å². The van der Waals surface area contributed by atoms with Crippen LogP contribution in [0.25, 0.3) is 0 Å². The van der Waals surface area contributed by atoms with E-state index in [2.05, 4.69) is 5.10 Å². The van der Waals surface area contributed by atoms with E-state index in [1.807, 2.05) is 0 Å². The smallest absolute Gasteiger partial charge is 0.271 e. The summed E-state index contributed by atoms with van der Waals surface area (Å²) in [5.41, 5.74) is 0.0689. The van der Waals surface area contributed by atoms with Gasteiger partial charge in [-0.25, -0.2) is 13.4 Å². The number of carbonyl (C=O) groups excluding carboxylic acids is 2. The van der Waals surface area contributed by atoms with Crippen LogP contribution in [0.4, 0.5) is 0 Å². The molecule has 9 nitrogen and oxygen atoms in total. The van der Waals surface area contributed by atoms with E-state index in [-0.39, 0.29) is 49.1 Å². The molecule has 0 aromatic heterocycles. The second-order valence-corrected chi connectivity index (χ2v) is 7.55. The molecule has 10 heteroatoms. The van der Waals surface area contributed by atoms with Crippen LogP contribution in [0.2, 0.25) is 0 Å². The van der Waals surface area contributed by atoms with Gasteiger partial charge in [0.15, 0.2) is 9.84 Å². The molecule has 0 aliphatic carbocycles. The fraction of sp³-hybridized carbons (Fsp3) is 0.615. The Bertz CT molecular complexity index is 714. The van der Waals surface area contributed by atoms with Crippen molar-refractivity contribution in [2.45, 2.75) is 25.3 Å². The summed E-state index contributed by atoms with van der Waals surface area (Å²) in [6.45, 7) is -0.506. The fourth-order valence-electron chi connectivity index (χ4n) is 2.53. The summed E-state index contributed by atoms with van der Waals surface area (Å²) in [5.74, 6) is -1.07. The molecule has 2 amide bonds. The lowest BCUT2D eigenvalue weighted by atomic mass is 10.1. The zero-order valence-corrected chi connectivity index (χ0v) is 13.1. The molecule has 23 heavy (non-hydrogen) atoms. The van der Waals surface area contributed by atoms with Gasteiger partial charge in [-0.15, -0.1) is 0 Å². The lowest BCUT2D eigenvalue weighted by Gasteiger charge is -2.28. The summed E-state index contributed by atoms with van der Waals surface area (Å²) in [6, 6.07) is 3.04. The minimum atomic E-state index is -3.18. The van der Waals surface area contributed by atoms with Gasteiger partial charge in [0.1, 0.15) is 18.8 Å². The first-order valence-corrected chi connectivity index (χ1v) is 8.83. The van der Waals surface area contributed by atoms with E-state index in [9.17, 15) is 18.0 Å². The number of amides is 2. The molecule has 0 bridgehead atoms. The second-order valence-electron chi connectivity index (χ2n) is 5.32. The van der Waals surface area contributed by atoms with Crippen molar-refractivity contribution in [3.63, 3.8) is 0 Å². The highest BCUT2D eigenvalue weighted by atomic mass is 32.2. The van der Waals surface area contributed by atoms with Gasteiger partial charge in [-0.3, -0.25) is 9.59 Å². The number of carbonyl (C=O) groups is 2. The molecule has 2 aliphatic rings. The molecule has 1 atom stereocenters. The molecule has 0 N–H and O–H groups in total. The minimum absolute atomic E-state index is 0.00473. The lowest BCUT2D eigenvalue weighted by Crippen LogP contribution is -2.45. The molecular formula is C13H15N5O4S. The van der Waals surface area contributed by atoms with Crippen molar-refractivity contribution in [2.24, 2.45) is 5.10 Å². The van der Waals surface area contributed by atoms with Crippen LogP contribution in [0.1, 0.15) is 19.3 Å². The maximum absolute atomic E-state index is 12.3. The van der Waals surface area contributed by atoms with Crippen LogP contribution in [0.3, 0.4) is 0 Å². The molecule has 1 saturated heterocycles. The maximum atomic E-state index is 12.3. The van der Waals surface area contributed by atoms with Crippen LogP contribution in [0, 0.1) is 22.7 Å². The Kier molecular flexibility index (Phi) is 4.96. The third-order valence-corrected chi connectivity index (χ3v) is 5.42. The van der Waals surface area contributed by atoms with E-state index in [4.69, 9.17) is 10.5 Å². The highest BCUT2D eigenvalue weighted by molar-refractivity contribution is 7.91. The number of sulfone groups is 1. The molecular weight excluding hydrogens is 322 g/mol. The Balaban J connectivity index is 2.21. The van der Waals surface area contributed by atoms with Crippen molar-refractivity contribution in [3.8, 4) is 12.1 Å². The van der Waals surface area contributed by atoms with Gasteiger partial charge in [0.25, 0.3) is 5.91 Å². The van der Waals surface area contributed by atoms with Gasteiger partial charge in [-0.05, 0) is 6.42 Å². The number of hydrogen-bond donors (Lipinski definition) is 0. The molecule has 0 aromatic carbocycles. The molecule has 0 spiro atoms. The topological polar surface area (TPSA) is 135 Å². The van der Waals surface area contributed by atoms with Crippen molar-refractivity contribution in [1.29, 1.82) is 10.5 Å². The molecule has 0 radical (unpaired) electrons. The van der Waals surface area contributed by atoms with E-state index in [1.54, 1.807) is 12.1 Å². The summed E-state index contributed by atoms with van der Waals surface area (Å²) in [5, 5.41) is 22.5. The monoisotopic (exact) mass is 337 g/mol. The predicted octanol–water partition coefficient (Wildman–Crippen LogP) is -0.972. The SMILES string of the molecule is N#CCN(CC#N)C(=O)C1=NN(C2CCS(=O)(=O)C2)C(=O)CC1. The van der Waals surface area contributed by atoms with Gasteiger partial charge in [0, 0.05) is 12.8 Å². The van der Waals surface area contributed by atoms with Gasteiger partial charge in [-0.2, -0.15) is 15.6 Å². The number of rotatable bonds is 4. The molecule has 2 rings (SSSR count). The third kappa shape index (κ3) is 3.85. The van der Waals surface area contributed by atoms with Crippen molar-refractivity contribution in [3.05, 3.63) is 0 Å². The lowest BCUT2D eigenvalue weighted by molar-refractivity contribution is -0.134. The van der Waals surface area contributed by atoms with Crippen molar-refractivity contribution in [1.82, 2.24) is 9.91 Å². The summed E-state index contributed by atoms with van der Waals surface area (Å²) in [4.78, 5) is 25.3. The van der Waals surface area contributed by atoms with Crippen LogP contribution >= 0.6 is 0 Å². The van der Waals surface area contributed by atoms with E-state index < -0.39 is 21.8 Å². The quantitative estimate of drug-likeness (QED) is 0.606. The van der Waals surface area contributed by atoms with Gasteiger partial charge in [-0.1, -0.05) is 0 Å². The molecule has 1 fully saturated rings. The van der Waals surface area contributed by atoms with Crippen molar-refractivity contribution in [2.75, 3.05) is 24.6 Å². The average Bonchev–Trinajstić information content (AvgIpc) is 2.87. The van der Waals surface area contributed by atoms with Gasteiger partial charge in [0.05, 0.1) is 29.7 Å². The first-order valence-electron chi connectivity index (χ1n) is 7.01. The zero-order valence-electron chi connectivity index (χ0n) is 12.3. The summed E-state index contributed by atoms with van der Waals surface area (Å²) in [7, 11) is -3.18. The first kappa shape index (κ1) is 16.9. The van der Waals surface area contributed by atoms with E-state index >= 15 is 0 Å². The number of nitrogens with zero attached hydrogens (tertiary/aromatic N) is 5. The fourth-order valence-corrected chi connectivity index (χ4v) is 4.22. The second kappa shape index (κ2) is 6.75. The Morgan fingerprint density at radius 1 is 1.30 bits per heavy atom. The Hall–Kier alpha value is -2.46. The van der Waals surface area contributed by atoms with Crippen LogP contribution in [0.5, 0.6) is 0 Å². The van der Waals surface area contributed by atoms with Gasteiger partial charge >= 0.3 is 0 Å². The van der Waals surface area contributed by atoms with Crippen LogP contribution in [-0.2, 0) is 19.4 Å². The Morgan fingerprint density at radius 3 is 2.48 bits per heavy atom. The molecule has 1 unspecified atom stereocenters. The Labute approximate surface area is 133 Å².